The summed E-state index contributed by atoms with van der Waals surface area (Å²) in [5, 5.41) is 0.525. The van der Waals surface area contributed by atoms with Gasteiger partial charge in [0.05, 0.1) is 12.3 Å². The maximum Gasteiger partial charge on any atom is 0.274 e. The molecule has 1 aromatic rings. The molecule has 1 aliphatic heterocycles. The Kier molecular flexibility index (Phi) is 7.37. The highest BCUT2D eigenvalue weighted by Crippen LogP contribution is 2.24. The summed E-state index contributed by atoms with van der Waals surface area (Å²) in [6, 6.07) is 0.369. The third kappa shape index (κ3) is 5.43. The summed E-state index contributed by atoms with van der Waals surface area (Å²) in [4.78, 5) is 18.2. The molecule has 1 fully saturated rings. The first-order valence-corrected chi connectivity index (χ1v) is 7.76. The lowest BCUT2D eigenvalue weighted by Crippen LogP contribution is -2.40. The van der Waals surface area contributed by atoms with Crippen molar-refractivity contribution in [2.45, 2.75) is 32.2 Å². The third-order valence-electron chi connectivity index (χ3n) is 3.48. The van der Waals surface area contributed by atoms with Crippen LogP contribution in [-0.2, 0) is 0 Å². The number of carbonyl (C=O) groups excluding carboxylic acids is 1. The minimum Gasteiger partial charge on any atom is -0.470 e. The Morgan fingerprint density at radius 2 is 2.14 bits per heavy atom. The lowest BCUT2D eigenvalue weighted by molar-refractivity contribution is 0.100. The monoisotopic (exact) mass is 334 g/mol. The van der Waals surface area contributed by atoms with Crippen molar-refractivity contribution in [3.05, 3.63) is 10.6 Å². The largest absolute Gasteiger partial charge is 0.470 e. The molecule has 0 saturated carbocycles. The number of hydrogen-bond acceptors (Lipinski definition) is 6. The predicted octanol–water partition coefficient (Wildman–Crippen LogP) is 1.16. The molecule has 2 heterocycles. The number of hydrogen-bond donors (Lipinski definition) is 2. The molecule has 2 rings (SSSR count). The van der Waals surface area contributed by atoms with E-state index in [9.17, 15) is 4.79 Å². The fourth-order valence-corrected chi connectivity index (χ4v) is 3.08. The van der Waals surface area contributed by atoms with Gasteiger partial charge in [0.2, 0.25) is 0 Å². The van der Waals surface area contributed by atoms with Crippen molar-refractivity contribution in [2.75, 3.05) is 26.2 Å². The molecular formula is C13H23ClN4O2S. The summed E-state index contributed by atoms with van der Waals surface area (Å²) in [5.41, 5.74) is 11.8. The van der Waals surface area contributed by atoms with Crippen LogP contribution in [0.5, 0.6) is 5.19 Å². The molecule has 4 N–H and O–H groups in total. The molecule has 0 radical (unpaired) electrons. The molecule has 1 aliphatic rings. The van der Waals surface area contributed by atoms with Gasteiger partial charge in [0.25, 0.3) is 11.1 Å². The van der Waals surface area contributed by atoms with Gasteiger partial charge in [-0.1, -0.05) is 11.3 Å². The van der Waals surface area contributed by atoms with Gasteiger partial charge >= 0.3 is 0 Å². The number of halogens is 1. The molecule has 0 bridgehead atoms. The second kappa shape index (κ2) is 8.53. The van der Waals surface area contributed by atoms with Gasteiger partial charge in [-0.2, -0.15) is 0 Å². The quantitative estimate of drug-likeness (QED) is 0.761. The molecule has 0 aromatic carbocycles. The average Bonchev–Trinajstić information content (AvgIpc) is 2.78. The van der Waals surface area contributed by atoms with Crippen LogP contribution in [0.4, 0.5) is 0 Å². The van der Waals surface area contributed by atoms with E-state index in [1.54, 1.807) is 6.92 Å². The van der Waals surface area contributed by atoms with Gasteiger partial charge in [-0.05, 0) is 39.3 Å². The minimum absolute atomic E-state index is 0. The Bertz CT molecular complexity index is 461. The van der Waals surface area contributed by atoms with Crippen molar-refractivity contribution in [3.8, 4) is 5.19 Å². The number of ether oxygens (including phenoxy) is 1. The van der Waals surface area contributed by atoms with E-state index in [0.29, 0.717) is 28.4 Å². The van der Waals surface area contributed by atoms with Crippen molar-refractivity contribution in [3.63, 3.8) is 0 Å². The molecule has 6 nitrogen and oxygen atoms in total. The maximum atomic E-state index is 11.1. The number of piperidine rings is 1. The van der Waals surface area contributed by atoms with E-state index >= 15 is 0 Å². The van der Waals surface area contributed by atoms with E-state index in [1.165, 1.54) is 11.3 Å². The Labute approximate surface area is 135 Å². The highest BCUT2D eigenvalue weighted by molar-refractivity contribution is 7.15. The van der Waals surface area contributed by atoms with Crippen molar-refractivity contribution < 1.29 is 9.53 Å². The number of rotatable bonds is 6. The summed E-state index contributed by atoms with van der Waals surface area (Å²) in [6.45, 7) is 5.53. The van der Waals surface area contributed by atoms with Crippen LogP contribution in [0.1, 0.15) is 34.6 Å². The number of primary amides is 1. The molecule has 1 amide bonds. The fourth-order valence-electron chi connectivity index (χ4n) is 2.29. The zero-order chi connectivity index (χ0) is 14.5. The van der Waals surface area contributed by atoms with E-state index in [-0.39, 0.29) is 12.4 Å². The van der Waals surface area contributed by atoms with Crippen molar-refractivity contribution in [2.24, 2.45) is 11.5 Å². The van der Waals surface area contributed by atoms with Gasteiger partial charge in [-0.15, -0.1) is 12.4 Å². The van der Waals surface area contributed by atoms with Crippen LogP contribution in [0.15, 0.2) is 0 Å². The van der Waals surface area contributed by atoms with Crippen molar-refractivity contribution in [1.29, 1.82) is 0 Å². The number of nitrogens with zero attached hydrogens (tertiary/aromatic N) is 2. The number of carbonyl (C=O) groups is 1. The SMILES string of the molecule is Cc1nc(OCCCN2CCC(N)CC2)sc1C(N)=O.Cl. The lowest BCUT2D eigenvalue weighted by Gasteiger charge is -2.29. The normalized spacial score (nSPS) is 16.5. The van der Waals surface area contributed by atoms with Crippen molar-refractivity contribution in [1.82, 2.24) is 9.88 Å². The number of thiazole rings is 1. The van der Waals surface area contributed by atoms with Gasteiger partial charge in [-0.25, -0.2) is 4.98 Å². The molecule has 1 saturated heterocycles. The summed E-state index contributed by atoms with van der Waals surface area (Å²) < 4.78 is 5.58. The molecule has 1 aromatic heterocycles. The van der Waals surface area contributed by atoms with Gasteiger partial charge in [0, 0.05) is 12.6 Å². The van der Waals surface area contributed by atoms with E-state index < -0.39 is 5.91 Å². The van der Waals surface area contributed by atoms with Crippen LogP contribution < -0.4 is 16.2 Å². The first kappa shape index (κ1) is 18.2. The Hall–Kier alpha value is -0.890. The highest BCUT2D eigenvalue weighted by atomic mass is 35.5. The standard InChI is InChI=1S/C13H22N4O2S.ClH/c1-9-11(12(15)18)20-13(16-9)19-8-2-5-17-6-3-10(14)4-7-17;/h10H,2-8,14H2,1H3,(H2,15,18);1H. The zero-order valence-corrected chi connectivity index (χ0v) is 13.8. The van der Waals surface area contributed by atoms with Crippen LogP contribution in [0.2, 0.25) is 0 Å². The molecule has 0 unspecified atom stereocenters. The average molecular weight is 335 g/mol. The Balaban J connectivity index is 0.00000220. The first-order valence-electron chi connectivity index (χ1n) is 6.94. The van der Waals surface area contributed by atoms with Gasteiger partial charge in [0.1, 0.15) is 4.88 Å². The number of aromatic nitrogens is 1. The smallest absolute Gasteiger partial charge is 0.274 e. The lowest BCUT2D eigenvalue weighted by atomic mass is 10.1. The Morgan fingerprint density at radius 3 is 2.71 bits per heavy atom. The van der Waals surface area contributed by atoms with E-state index in [2.05, 4.69) is 9.88 Å². The molecule has 0 atom stereocenters. The topological polar surface area (TPSA) is 94.5 Å². The zero-order valence-electron chi connectivity index (χ0n) is 12.2. The van der Waals surface area contributed by atoms with Gasteiger partial charge in [0.15, 0.2) is 0 Å². The van der Waals surface area contributed by atoms with Crippen LogP contribution >= 0.6 is 23.7 Å². The Morgan fingerprint density at radius 1 is 1.48 bits per heavy atom. The van der Waals surface area contributed by atoms with Crippen LogP contribution in [0.25, 0.3) is 0 Å². The summed E-state index contributed by atoms with van der Waals surface area (Å²) in [7, 11) is 0. The summed E-state index contributed by atoms with van der Waals surface area (Å²) in [6.07, 6.45) is 3.10. The van der Waals surface area contributed by atoms with Crippen LogP contribution in [0, 0.1) is 6.92 Å². The second-order valence-corrected chi connectivity index (χ2v) is 6.10. The van der Waals surface area contributed by atoms with Crippen LogP contribution in [-0.4, -0.2) is 48.1 Å². The molecule has 0 aliphatic carbocycles. The number of aryl methyl sites for hydroxylation is 1. The third-order valence-corrected chi connectivity index (χ3v) is 4.56. The molecule has 120 valence electrons. The first-order chi connectivity index (χ1) is 9.56. The number of nitrogens with two attached hydrogens (primary N) is 2. The van der Waals surface area contributed by atoms with Crippen LogP contribution in [0.3, 0.4) is 0 Å². The maximum absolute atomic E-state index is 11.1. The summed E-state index contributed by atoms with van der Waals surface area (Å²) in [5.74, 6) is -0.445. The van der Waals surface area contributed by atoms with E-state index in [1.807, 2.05) is 0 Å². The van der Waals surface area contributed by atoms with Gasteiger partial charge < -0.3 is 21.1 Å². The van der Waals surface area contributed by atoms with E-state index in [0.717, 1.165) is 38.9 Å². The second-order valence-electron chi connectivity index (χ2n) is 5.14. The minimum atomic E-state index is -0.445. The molecular weight excluding hydrogens is 312 g/mol. The van der Waals surface area contributed by atoms with Gasteiger partial charge in [-0.3, -0.25) is 4.79 Å². The fraction of sp³-hybridized carbons (Fsp3) is 0.692. The summed E-state index contributed by atoms with van der Waals surface area (Å²) >= 11 is 1.22. The molecule has 21 heavy (non-hydrogen) atoms. The van der Waals surface area contributed by atoms with Crippen molar-refractivity contribution >= 4 is 29.7 Å². The number of amides is 1. The highest BCUT2D eigenvalue weighted by Gasteiger charge is 2.16. The molecule has 0 spiro atoms. The number of likely N-dealkylation sites (tertiary alicyclic amines) is 1. The molecule has 8 heteroatoms. The van der Waals surface area contributed by atoms with E-state index in [4.69, 9.17) is 16.2 Å². The predicted molar refractivity (Wildman–Crippen MR) is 86.4 cm³/mol.